The molecule has 0 amide bonds. The molecular weight excluding hydrogens is 677 g/mol. The Labute approximate surface area is 262 Å². The standard InChI is InChI=1S/C22H14N10O9S4/c1-10-18(21-28-27-20(32(21)29-10)11-4-14(44-41-39-34)6-15(5-11)45(35,36)37)25-26-19-12(8-23)9-31(30-19)22-24-16-3-2-13(43-40-38-33)7-17(16)42-22/h2-7,9,28,33-34H,1H3,(H,35,36,37). The molecule has 0 radical (unpaired) electrons. The molecule has 0 aliphatic carbocycles. The van der Waals surface area contributed by atoms with E-state index >= 15 is 0 Å². The first-order valence-corrected chi connectivity index (χ1v) is 15.6. The van der Waals surface area contributed by atoms with Crippen LogP contribution < -0.4 is 0 Å². The number of benzene rings is 2. The number of aryl methyl sites for hydroxylation is 1. The van der Waals surface area contributed by atoms with Gasteiger partial charge in [0, 0.05) is 15.4 Å². The molecule has 0 unspecified atom stereocenters. The predicted octanol–water partition coefficient (Wildman–Crippen LogP) is 5.22. The lowest BCUT2D eigenvalue weighted by Gasteiger charge is -2.05. The highest BCUT2D eigenvalue weighted by Crippen LogP contribution is 2.34. The van der Waals surface area contributed by atoms with Crippen LogP contribution in [0.4, 0.5) is 11.5 Å². The number of azo groups is 1. The summed E-state index contributed by atoms with van der Waals surface area (Å²) in [6, 6.07) is 11.0. The maximum absolute atomic E-state index is 11.9. The first-order chi connectivity index (χ1) is 21.7. The van der Waals surface area contributed by atoms with E-state index in [2.05, 4.69) is 54.4 Å². The Bertz CT molecular complexity index is 2240. The van der Waals surface area contributed by atoms with Crippen LogP contribution in [0.1, 0.15) is 11.3 Å². The average Bonchev–Trinajstić information content (AvgIpc) is 3.79. The molecule has 0 aliphatic heterocycles. The van der Waals surface area contributed by atoms with Gasteiger partial charge in [0.05, 0.1) is 51.1 Å². The van der Waals surface area contributed by atoms with Gasteiger partial charge in [0.2, 0.25) is 10.9 Å². The minimum Gasteiger partial charge on any atom is -0.282 e. The van der Waals surface area contributed by atoms with Crippen LogP contribution in [0, 0.1) is 18.3 Å². The van der Waals surface area contributed by atoms with Crippen molar-refractivity contribution in [3.8, 4) is 22.6 Å². The maximum Gasteiger partial charge on any atom is 0.294 e. The molecule has 23 heteroatoms. The summed E-state index contributed by atoms with van der Waals surface area (Å²) in [4.78, 5) is 4.86. The molecule has 0 saturated carbocycles. The molecule has 0 fully saturated rings. The van der Waals surface area contributed by atoms with Crippen LogP contribution >= 0.6 is 35.4 Å². The zero-order valence-corrected chi connectivity index (χ0v) is 25.3. The third-order valence-electron chi connectivity index (χ3n) is 5.86. The van der Waals surface area contributed by atoms with Crippen LogP contribution in [-0.2, 0) is 28.9 Å². The van der Waals surface area contributed by atoms with Gasteiger partial charge < -0.3 is 0 Å². The minimum atomic E-state index is -4.63. The lowest BCUT2D eigenvalue weighted by molar-refractivity contribution is -0.432. The zero-order valence-electron chi connectivity index (χ0n) is 22.0. The Hall–Kier alpha value is -4.32. The summed E-state index contributed by atoms with van der Waals surface area (Å²) in [5.74, 6) is 0.148. The van der Waals surface area contributed by atoms with Crippen molar-refractivity contribution >= 4 is 72.9 Å². The SMILES string of the molecule is Cc1nn2c(-c3cc(SOOO)cc(S(=O)(=O)O)c3)n[nH]c2c1N=Nc1nn(-c2nc3ccc(SOOO)cc3s2)cc1C#N. The Morgan fingerprint density at radius 2 is 1.84 bits per heavy atom. The van der Waals surface area contributed by atoms with Crippen LogP contribution in [0.25, 0.3) is 32.4 Å². The van der Waals surface area contributed by atoms with E-state index in [-0.39, 0.29) is 39.0 Å². The van der Waals surface area contributed by atoms with Crippen LogP contribution in [0.3, 0.4) is 0 Å². The molecule has 0 saturated heterocycles. The van der Waals surface area contributed by atoms with Gasteiger partial charge in [0.1, 0.15) is 11.6 Å². The van der Waals surface area contributed by atoms with Crippen molar-refractivity contribution < 1.29 is 42.2 Å². The summed E-state index contributed by atoms with van der Waals surface area (Å²) >= 11 is 2.58. The summed E-state index contributed by atoms with van der Waals surface area (Å²) in [7, 11) is -4.63. The first kappa shape index (κ1) is 30.7. The van der Waals surface area contributed by atoms with Gasteiger partial charge in [-0.3, -0.25) is 9.65 Å². The van der Waals surface area contributed by atoms with Gasteiger partial charge in [-0.25, -0.2) is 20.2 Å². The quantitative estimate of drug-likeness (QED) is 0.0446. The molecule has 0 bridgehead atoms. The third kappa shape index (κ3) is 6.28. The molecule has 230 valence electrons. The number of aromatic nitrogens is 7. The van der Waals surface area contributed by atoms with E-state index in [1.165, 1.54) is 32.8 Å². The summed E-state index contributed by atoms with van der Waals surface area (Å²) in [6.07, 6.45) is 1.46. The van der Waals surface area contributed by atoms with Crippen LogP contribution in [-0.4, -0.2) is 58.1 Å². The average molecular weight is 691 g/mol. The van der Waals surface area contributed by atoms with Gasteiger partial charge in [0.15, 0.2) is 17.2 Å². The van der Waals surface area contributed by atoms with Crippen molar-refractivity contribution in [2.75, 3.05) is 0 Å². The fourth-order valence-corrected chi connectivity index (χ4v) is 6.49. The number of H-pyrrole nitrogens is 1. The molecule has 45 heavy (non-hydrogen) atoms. The molecule has 4 N–H and O–H groups in total. The second-order valence-electron chi connectivity index (χ2n) is 8.61. The largest absolute Gasteiger partial charge is 0.294 e. The first-order valence-electron chi connectivity index (χ1n) is 11.9. The Morgan fingerprint density at radius 3 is 2.58 bits per heavy atom. The molecule has 4 aromatic heterocycles. The number of rotatable bonds is 11. The third-order valence-corrected chi connectivity index (χ3v) is 8.83. The van der Waals surface area contributed by atoms with Gasteiger partial charge in [0.25, 0.3) is 10.1 Å². The van der Waals surface area contributed by atoms with Crippen molar-refractivity contribution in [3.63, 3.8) is 0 Å². The van der Waals surface area contributed by atoms with Crippen molar-refractivity contribution in [2.45, 2.75) is 21.6 Å². The zero-order chi connectivity index (χ0) is 31.7. The lowest BCUT2D eigenvalue weighted by Crippen LogP contribution is -2.00. The van der Waals surface area contributed by atoms with E-state index < -0.39 is 15.0 Å². The highest BCUT2D eigenvalue weighted by Gasteiger charge is 2.21. The molecule has 19 nitrogen and oxygen atoms in total. The number of nitriles is 1. The fourth-order valence-electron chi connectivity index (χ4n) is 3.99. The molecule has 6 aromatic rings. The topological polar surface area (TPSA) is 257 Å². The number of fused-ring (bicyclic) bond motifs is 2. The molecule has 6 rings (SSSR count). The summed E-state index contributed by atoms with van der Waals surface area (Å²) in [5, 5.41) is 58.4. The second-order valence-corrected chi connectivity index (χ2v) is 12.6. The van der Waals surface area contributed by atoms with Crippen LogP contribution in [0.5, 0.6) is 0 Å². The van der Waals surface area contributed by atoms with E-state index in [4.69, 9.17) is 10.5 Å². The van der Waals surface area contributed by atoms with Crippen LogP contribution in [0.2, 0.25) is 0 Å². The smallest absolute Gasteiger partial charge is 0.282 e. The van der Waals surface area contributed by atoms with E-state index in [0.29, 0.717) is 33.3 Å². The molecule has 0 aliphatic rings. The number of nitrogens with zero attached hydrogens (tertiary/aromatic N) is 9. The van der Waals surface area contributed by atoms with Crippen molar-refractivity contribution in [1.82, 2.24) is 34.6 Å². The number of hydrogen-bond acceptors (Lipinski definition) is 18. The predicted molar refractivity (Wildman–Crippen MR) is 154 cm³/mol. The molecular formula is C22H14N10O9S4. The summed E-state index contributed by atoms with van der Waals surface area (Å²) in [5.41, 5.74) is 1.92. The highest BCUT2D eigenvalue weighted by molar-refractivity contribution is 7.94. The number of aromatic amines is 1. The summed E-state index contributed by atoms with van der Waals surface area (Å²) < 4.78 is 45.7. The second kappa shape index (κ2) is 12.6. The number of nitrogens with one attached hydrogen (secondary N) is 1. The van der Waals surface area contributed by atoms with Gasteiger partial charge in [-0.1, -0.05) is 21.4 Å². The highest BCUT2D eigenvalue weighted by atomic mass is 32.2. The van der Waals surface area contributed by atoms with Crippen molar-refractivity contribution in [2.24, 2.45) is 10.2 Å². The fraction of sp³-hybridized carbons (Fsp3) is 0.0455. The van der Waals surface area contributed by atoms with Gasteiger partial charge in [-0.15, -0.1) is 24.0 Å². The molecule has 2 aromatic carbocycles. The van der Waals surface area contributed by atoms with E-state index in [0.717, 1.165) is 28.9 Å². The Kier molecular flexibility index (Phi) is 8.59. The van der Waals surface area contributed by atoms with Crippen LogP contribution in [0.15, 0.2) is 67.5 Å². The van der Waals surface area contributed by atoms with Gasteiger partial charge in [-0.2, -0.15) is 28.4 Å². The summed E-state index contributed by atoms with van der Waals surface area (Å²) in [6.45, 7) is 1.65. The lowest BCUT2D eigenvalue weighted by atomic mass is 10.2. The molecule has 4 heterocycles. The maximum atomic E-state index is 11.9. The van der Waals surface area contributed by atoms with Gasteiger partial charge >= 0.3 is 0 Å². The van der Waals surface area contributed by atoms with Crippen molar-refractivity contribution in [1.29, 1.82) is 5.26 Å². The number of hydrogen-bond donors (Lipinski definition) is 4. The minimum absolute atomic E-state index is 0.00797. The molecule has 0 spiro atoms. The Morgan fingerprint density at radius 1 is 1.07 bits per heavy atom. The van der Waals surface area contributed by atoms with Crippen molar-refractivity contribution in [3.05, 3.63) is 53.9 Å². The van der Waals surface area contributed by atoms with E-state index in [9.17, 15) is 18.2 Å². The monoisotopic (exact) mass is 690 g/mol. The Balaban J connectivity index is 1.33. The van der Waals surface area contributed by atoms with E-state index in [1.807, 2.05) is 6.07 Å². The molecule has 0 atom stereocenters. The van der Waals surface area contributed by atoms with E-state index in [1.54, 1.807) is 25.1 Å². The van der Waals surface area contributed by atoms with Gasteiger partial charge in [-0.05, 0) is 43.3 Å². The number of thiazole rings is 1. The normalized spacial score (nSPS) is 12.2.